The molecule has 5 nitrogen and oxygen atoms in total. The third-order valence-electron chi connectivity index (χ3n) is 4.93. The van der Waals surface area contributed by atoms with E-state index in [-0.39, 0.29) is 0 Å². The van der Waals surface area contributed by atoms with Crippen LogP contribution in [0, 0.1) is 0 Å². The molecule has 1 aliphatic heterocycles. The van der Waals surface area contributed by atoms with Crippen LogP contribution in [0.15, 0.2) is 36.4 Å². The first-order valence-corrected chi connectivity index (χ1v) is 9.07. The highest BCUT2D eigenvalue weighted by Crippen LogP contribution is 2.25. The summed E-state index contributed by atoms with van der Waals surface area (Å²) in [6.07, 6.45) is 1.04. The van der Waals surface area contributed by atoms with E-state index in [1.807, 2.05) is 23.9 Å². The van der Waals surface area contributed by atoms with Crippen molar-refractivity contribution in [1.82, 2.24) is 25.2 Å². The number of benzene rings is 2. The van der Waals surface area contributed by atoms with Crippen molar-refractivity contribution in [2.45, 2.75) is 19.5 Å². The molecular formula is C19H22ClN5. The number of aryl methyl sites for hydroxylation is 1. The average Bonchev–Trinajstić information content (AvgIpc) is 3.01. The minimum absolute atomic E-state index is 0.812. The minimum Gasteiger partial charge on any atom is -0.311 e. The first-order valence-electron chi connectivity index (χ1n) is 8.69. The molecule has 0 fully saturated rings. The molecule has 130 valence electrons. The number of nitrogens with one attached hydrogen (secondary N) is 1. The molecule has 0 bridgehead atoms. The molecule has 1 N–H and O–H groups in total. The summed E-state index contributed by atoms with van der Waals surface area (Å²) in [6, 6.07) is 12.5. The van der Waals surface area contributed by atoms with Crippen LogP contribution in [0.5, 0.6) is 0 Å². The van der Waals surface area contributed by atoms with Gasteiger partial charge in [-0.25, -0.2) is 4.68 Å². The van der Waals surface area contributed by atoms with Crippen molar-refractivity contribution in [1.29, 1.82) is 0 Å². The Morgan fingerprint density at radius 1 is 1.20 bits per heavy atom. The molecule has 4 rings (SSSR count). The Bertz CT molecular complexity index is 889. The van der Waals surface area contributed by atoms with E-state index in [0.29, 0.717) is 0 Å². The van der Waals surface area contributed by atoms with E-state index in [1.165, 1.54) is 16.7 Å². The van der Waals surface area contributed by atoms with Crippen molar-refractivity contribution in [3.63, 3.8) is 0 Å². The van der Waals surface area contributed by atoms with Crippen LogP contribution in [-0.2, 0) is 26.6 Å². The van der Waals surface area contributed by atoms with Gasteiger partial charge in [0.1, 0.15) is 5.52 Å². The highest BCUT2D eigenvalue weighted by Gasteiger charge is 2.17. The van der Waals surface area contributed by atoms with Gasteiger partial charge in [0.15, 0.2) is 0 Å². The Morgan fingerprint density at radius 3 is 3.00 bits per heavy atom. The normalized spacial score (nSPS) is 14.8. The van der Waals surface area contributed by atoms with Crippen LogP contribution in [-0.4, -0.2) is 39.5 Å². The maximum absolute atomic E-state index is 6.29. The Morgan fingerprint density at radius 2 is 2.08 bits per heavy atom. The molecule has 2 heterocycles. The quantitative estimate of drug-likeness (QED) is 0.715. The summed E-state index contributed by atoms with van der Waals surface area (Å²) in [5.74, 6) is 0. The number of hydrogen-bond acceptors (Lipinski definition) is 4. The van der Waals surface area contributed by atoms with Crippen LogP contribution in [0.4, 0.5) is 0 Å². The van der Waals surface area contributed by atoms with Gasteiger partial charge in [0.2, 0.25) is 0 Å². The van der Waals surface area contributed by atoms with E-state index < -0.39 is 0 Å². The maximum atomic E-state index is 6.29. The molecule has 0 amide bonds. The second kappa shape index (κ2) is 7.12. The zero-order valence-corrected chi connectivity index (χ0v) is 15.1. The second-order valence-corrected chi connectivity index (χ2v) is 6.99. The summed E-state index contributed by atoms with van der Waals surface area (Å²) in [5, 5.41) is 12.8. The molecule has 0 unspecified atom stereocenters. The van der Waals surface area contributed by atoms with Gasteiger partial charge in [0, 0.05) is 44.8 Å². The first-order chi connectivity index (χ1) is 12.2. The largest absolute Gasteiger partial charge is 0.311 e. The van der Waals surface area contributed by atoms with Crippen molar-refractivity contribution in [3.05, 3.63) is 58.1 Å². The maximum Gasteiger partial charge on any atom is 0.117 e. The van der Waals surface area contributed by atoms with Gasteiger partial charge in [-0.15, -0.1) is 5.10 Å². The molecule has 2 aromatic carbocycles. The van der Waals surface area contributed by atoms with E-state index in [0.717, 1.165) is 55.2 Å². The fraction of sp³-hybridized carbons (Fsp3) is 0.368. The predicted molar refractivity (Wildman–Crippen MR) is 101 cm³/mol. The number of nitrogens with zero attached hydrogens (tertiary/aromatic N) is 4. The van der Waals surface area contributed by atoms with Crippen LogP contribution in [0.25, 0.3) is 11.0 Å². The number of rotatable bonds is 5. The van der Waals surface area contributed by atoms with Crippen LogP contribution in [0.2, 0.25) is 5.02 Å². The van der Waals surface area contributed by atoms with E-state index >= 15 is 0 Å². The highest BCUT2D eigenvalue weighted by atomic mass is 35.5. The number of aromatic nitrogens is 3. The lowest BCUT2D eigenvalue weighted by Gasteiger charge is -2.29. The minimum atomic E-state index is 0.812. The van der Waals surface area contributed by atoms with Crippen LogP contribution >= 0.6 is 11.6 Å². The van der Waals surface area contributed by atoms with Crippen LogP contribution < -0.4 is 5.32 Å². The molecule has 6 heteroatoms. The Hall–Kier alpha value is -1.95. The van der Waals surface area contributed by atoms with Crippen molar-refractivity contribution >= 4 is 22.6 Å². The van der Waals surface area contributed by atoms with Gasteiger partial charge in [0.05, 0.1) is 5.52 Å². The molecule has 0 atom stereocenters. The van der Waals surface area contributed by atoms with E-state index in [1.54, 1.807) is 0 Å². The van der Waals surface area contributed by atoms with Crippen molar-refractivity contribution in [2.24, 2.45) is 7.05 Å². The van der Waals surface area contributed by atoms with Gasteiger partial charge in [-0.3, -0.25) is 4.90 Å². The summed E-state index contributed by atoms with van der Waals surface area (Å²) >= 11 is 6.29. The number of fused-ring (bicyclic) bond motifs is 2. The monoisotopic (exact) mass is 355 g/mol. The summed E-state index contributed by atoms with van der Waals surface area (Å²) in [4.78, 5) is 2.48. The van der Waals surface area contributed by atoms with Gasteiger partial charge in [-0.2, -0.15) is 0 Å². The molecule has 0 saturated heterocycles. The van der Waals surface area contributed by atoms with E-state index in [9.17, 15) is 0 Å². The molecule has 1 aliphatic rings. The summed E-state index contributed by atoms with van der Waals surface area (Å²) in [7, 11) is 1.92. The van der Waals surface area contributed by atoms with E-state index in [4.69, 9.17) is 11.6 Å². The van der Waals surface area contributed by atoms with Gasteiger partial charge < -0.3 is 5.32 Å². The van der Waals surface area contributed by atoms with Crippen molar-refractivity contribution < 1.29 is 0 Å². The summed E-state index contributed by atoms with van der Waals surface area (Å²) in [6.45, 7) is 4.84. The zero-order chi connectivity index (χ0) is 17.2. The van der Waals surface area contributed by atoms with Gasteiger partial charge in [0.25, 0.3) is 0 Å². The molecule has 0 saturated carbocycles. The smallest absolute Gasteiger partial charge is 0.117 e. The third-order valence-corrected chi connectivity index (χ3v) is 5.29. The van der Waals surface area contributed by atoms with Crippen LogP contribution in [0.1, 0.15) is 16.7 Å². The Balaban J connectivity index is 1.31. The predicted octanol–water partition coefficient (Wildman–Crippen LogP) is 2.77. The lowest BCUT2D eigenvalue weighted by Crippen LogP contribution is -2.36. The van der Waals surface area contributed by atoms with E-state index in [2.05, 4.69) is 44.8 Å². The Labute approximate surface area is 152 Å². The van der Waals surface area contributed by atoms with Crippen LogP contribution in [0.3, 0.4) is 0 Å². The topological polar surface area (TPSA) is 46.0 Å². The summed E-state index contributed by atoms with van der Waals surface area (Å²) in [5.41, 5.74) is 5.94. The molecular weight excluding hydrogens is 334 g/mol. The average molecular weight is 356 g/mol. The first kappa shape index (κ1) is 16.5. The molecule has 25 heavy (non-hydrogen) atoms. The number of halogens is 1. The molecule has 1 aromatic heterocycles. The lowest BCUT2D eigenvalue weighted by molar-refractivity contribution is 0.254. The van der Waals surface area contributed by atoms with Gasteiger partial charge in [-0.05, 0) is 35.2 Å². The number of hydrogen-bond donors (Lipinski definition) is 1. The molecule has 0 spiro atoms. The third kappa shape index (κ3) is 3.40. The highest BCUT2D eigenvalue weighted by molar-refractivity contribution is 6.31. The molecule has 3 aromatic rings. The van der Waals surface area contributed by atoms with Gasteiger partial charge >= 0.3 is 0 Å². The van der Waals surface area contributed by atoms with Gasteiger partial charge in [-0.1, -0.05) is 41.1 Å². The molecule has 0 aliphatic carbocycles. The molecule has 0 radical (unpaired) electrons. The van der Waals surface area contributed by atoms with Crippen molar-refractivity contribution in [2.75, 3.05) is 19.6 Å². The lowest BCUT2D eigenvalue weighted by atomic mass is 10.00. The fourth-order valence-electron chi connectivity index (χ4n) is 3.53. The Kier molecular flexibility index (Phi) is 4.70. The summed E-state index contributed by atoms with van der Waals surface area (Å²) < 4.78 is 1.81. The fourth-order valence-corrected chi connectivity index (χ4v) is 3.82. The van der Waals surface area contributed by atoms with Crippen molar-refractivity contribution in [3.8, 4) is 0 Å². The SMILES string of the molecule is Cn1nnc2c(CNCCN3CCc4c(Cl)cccc4C3)cccc21. The zero-order valence-electron chi connectivity index (χ0n) is 14.4. The second-order valence-electron chi connectivity index (χ2n) is 6.58. The standard InChI is InChI=1S/C19H22ClN5/c1-24-18-7-3-4-14(19(18)22-23-24)12-21-9-11-25-10-8-16-15(13-25)5-2-6-17(16)20/h2-7,21H,8-13H2,1H3.